The van der Waals surface area contributed by atoms with Gasteiger partial charge in [0, 0.05) is 52.2 Å². The molecule has 1 aromatic rings. The van der Waals surface area contributed by atoms with Gasteiger partial charge in [0.15, 0.2) is 5.96 Å². The van der Waals surface area contributed by atoms with Crippen LogP contribution < -0.4 is 10.6 Å². The lowest BCUT2D eigenvalue weighted by Crippen LogP contribution is -2.38. The zero-order chi connectivity index (χ0) is 18.0. The SMILES string of the molecule is CCNC(=NCCCOCC1CC1)NCCc1nnc2n1CCCCC2.I. The van der Waals surface area contributed by atoms with Crippen LogP contribution in [0.5, 0.6) is 0 Å². The molecule has 1 aliphatic carbocycles. The highest BCUT2D eigenvalue weighted by molar-refractivity contribution is 14.0. The second-order valence-electron chi connectivity index (χ2n) is 7.30. The highest BCUT2D eigenvalue weighted by atomic mass is 127. The first-order valence-electron chi connectivity index (χ1n) is 10.4. The largest absolute Gasteiger partial charge is 0.381 e. The topological polar surface area (TPSA) is 76.4 Å². The standard InChI is InChI=1S/C19H34N6O.HI/c1-2-20-19(21-11-6-14-26-15-16-8-9-16)22-12-10-18-24-23-17-7-4-3-5-13-25(17)18;/h16H,2-15H2,1H3,(H2,20,21,22);1H. The molecule has 0 saturated heterocycles. The Morgan fingerprint density at radius 3 is 2.93 bits per heavy atom. The zero-order valence-electron chi connectivity index (χ0n) is 16.6. The minimum Gasteiger partial charge on any atom is -0.381 e. The summed E-state index contributed by atoms with van der Waals surface area (Å²) in [5.41, 5.74) is 0. The van der Waals surface area contributed by atoms with Crippen molar-refractivity contribution in [3.05, 3.63) is 11.6 Å². The van der Waals surface area contributed by atoms with E-state index in [1.165, 1.54) is 32.1 Å². The third kappa shape index (κ3) is 7.93. The van der Waals surface area contributed by atoms with Crippen LogP contribution in [0.4, 0.5) is 0 Å². The van der Waals surface area contributed by atoms with E-state index in [2.05, 4.69) is 37.3 Å². The van der Waals surface area contributed by atoms with E-state index in [-0.39, 0.29) is 24.0 Å². The van der Waals surface area contributed by atoms with Gasteiger partial charge < -0.3 is 19.9 Å². The average Bonchev–Trinajstić information content (AvgIpc) is 3.43. The van der Waals surface area contributed by atoms with Crippen LogP contribution in [0.25, 0.3) is 0 Å². The Labute approximate surface area is 180 Å². The normalized spacial score (nSPS) is 17.0. The first kappa shape index (κ1) is 22.4. The second kappa shape index (κ2) is 12.5. The Bertz CT molecular complexity index is 573. The average molecular weight is 490 g/mol. The monoisotopic (exact) mass is 490 g/mol. The number of halogens is 1. The number of nitrogens with one attached hydrogen (secondary N) is 2. The minimum atomic E-state index is 0. The fourth-order valence-corrected chi connectivity index (χ4v) is 3.26. The minimum absolute atomic E-state index is 0. The number of aryl methyl sites for hydroxylation is 1. The van der Waals surface area contributed by atoms with Crippen LogP contribution in [0, 0.1) is 5.92 Å². The number of fused-ring (bicyclic) bond motifs is 1. The van der Waals surface area contributed by atoms with Crippen molar-refractivity contribution >= 4 is 29.9 Å². The van der Waals surface area contributed by atoms with Crippen LogP contribution in [-0.2, 0) is 24.1 Å². The number of nitrogens with zero attached hydrogens (tertiary/aromatic N) is 4. The molecule has 3 rings (SSSR count). The number of ether oxygens (including phenoxy) is 1. The van der Waals surface area contributed by atoms with Crippen molar-refractivity contribution < 1.29 is 4.74 Å². The molecule has 0 amide bonds. The van der Waals surface area contributed by atoms with Crippen LogP contribution in [0.2, 0.25) is 0 Å². The molecule has 8 heteroatoms. The van der Waals surface area contributed by atoms with Crippen LogP contribution in [0.15, 0.2) is 4.99 Å². The van der Waals surface area contributed by atoms with E-state index >= 15 is 0 Å². The Balaban J connectivity index is 0.00000261. The van der Waals surface area contributed by atoms with E-state index in [9.17, 15) is 0 Å². The molecule has 0 atom stereocenters. The molecule has 1 aromatic heterocycles. The van der Waals surface area contributed by atoms with Crippen molar-refractivity contribution in [2.75, 3.05) is 32.8 Å². The summed E-state index contributed by atoms with van der Waals surface area (Å²) in [4.78, 5) is 4.64. The van der Waals surface area contributed by atoms with Crippen molar-refractivity contribution in [3.8, 4) is 0 Å². The van der Waals surface area contributed by atoms with Crippen LogP contribution >= 0.6 is 24.0 Å². The molecule has 0 unspecified atom stereocenters. The van der Waals surface area contributed by atoms with Gasteiger partial charge in [-0.25, -0.2) is 0 Å². The number of aromatic nitrogens is 3. The molecule has 2 heterocycles. The van der Waals surface area contributed by atoms with Crippen LogP contribution in [0.1, 0.15) is 57.1 Å². The molecule has 154 valence electrons. The van der Waals surface area contributed by atoms with Gasteiger partial charge in [0.2, 0.25) is 0 Å². The van der Waals surface area contributed by atoms with Crippen molar-refractivity contribution in [2.24, 2.45) is 10.9 Å². The maximum atomic E-state index is 5.66. The molecule has 1 saturated carbocycles. The molecule has 2 aliphatic rings. The third-order valence-corrected chi connectivity index (χ3v) is 4.94. The van der Waals surface area contributed by atoms with Gasteiger partial charge in [-0.3, -0.25) is 4.99 Å². The number of guanidine groups is 1. The maximum absolute atomic E-state index is 5.66. The summed E-state index contributed by atoms with van der Waals surface area (Å²) >= 11 is 0. The van der Waals surface area contributed by atoms with Gasteiger partial charge in [0.25, 0.3) is 0 Å². The van der Waals surface area contributed by atoms with Crippen LogP contribution in [0.3, 0.4) is 0 Å². The lowest BCUT2D eigenvalue weighted by atomic mass is 10.2. The van der Waals surface area contributed by atoms with Crippen molar-refractivity contribution in [2.45, 2.75) is 64.8 Å². The molecule has 0 spiro atoms. The quantitative estimate of drug-likeness (QED) is 0.228. The lowest BCUT2D eigenvalue weighted by molar-refractivity contribution is 0.123. The number of hydrogen-bond acceptors (Lipinski definition) is 4. The van der Waals surface area contributed by atoms with E-state index in [0.29, 0.717) is 0 Å². The highest BCUT2D eigenvalue weighted by Crippen LogP contribution is 2.28. The summed E-state index contributed by atoms with van der Waals surface area (Å²) in [5.74, 6) is 3.97. The van der Waals surface area contributed by atoms with Gasteiger partial charge >= 0.3 is 0 Å². The number of rotatable bonds is 10. The summed E-state index contributed by atoms with van der Waals surface area (Å²) in [6.07, 6.45) is 9.37. The maximum Gasteiger partial charge on any atom is 0.191 e. The summed E-state index contributed by atoms with van der Waals surface area (Å²) in [6, 6.07) is 0. The van der Waals surface area contributed by atoms with Gasteiger partial charge in [0.05, 0.1) is 0 Å². The number of hydrogen-bond donors (Lipinski definition) is 2. The van der Waals surface area contributed by atoms with Gasteiger partial charge in [-0.15, -0.1) is 34.2 Å². The predicted octanol–water partition coefficient (Wildman–Crippen LogP) is 2.54. The van der Waals surface area contributed by atoms with Gasteiger partial charge in [-0.1, -0.05) is 6.42 Å². The van der Waals surface area contributed by atoms with Gasteiger partial charge in [0.1, 0.15) is 11.6 Å². The summed E-state index contributed by atoms with van der Waals surface area (Å²) < 4.78 is 7.98. The smallest absolute Gasteiger partial charge is 0.191 e. The fraction of sp³-hybridized carbons (Fsp3) is 0.842. The Morgan fingerprint density at radius 2 is 2.11 bits per heavy atom. The Kier molecular flexibility index (Phi) is 10.4. The molecular formula is C19H35IN6O. The summed E-state index contributed by atoms with van der Waals surface area (Å²) in [5, 5.41) is 15.5. The van der Waals surface area contributed by atoms with Crippen molar-refractivity contribution in [1.29, 1.82) is 0 Å². The lowest BCUT2D eigenvalue weighted by Gasteiger charge is -2.12. The van der Waals surface area contributed by atoms with E-state index in [1.54, 1.807) is 0 Å². The van der Waals surface area contributed by atoms with Gasteiger partial charge in [-0.05, 0) is 44.9 Å². The zero-order valence-corrected chi connectivity index (χ0v) is 18.9. The summed E-state index contributed by atoms with van der Waals surface area (Å²) in [6.45, 7) is 7.38. The molecule has 27 heavy (non-hydrogen) atoms. The Morgan fingerprint density at radius 1 is 1.22 bits per heavy atom. The molecule has 0 aromatic carbocycles. The molecule has 0 radical (unpaired) electrons. The van der Waals surface area contributed by atoms with Gasteiger partial charge in [-0.2, -0.15) is 0 Å². The van der Waals surface area contributed by atoms with Crippen LogP contribution in [-0.4, -0.2) is 53.6 Å². The van der Waals surface area contributed by atoms with Crippen molar-refractivity contribution in [3.63, 3.8) is 0 Å². The molecule has 0 bridgehead atoms. The number of aliphatic imine (C=N–C) groups is 1. The Hall–Kier alpha value is -0.900. The highest BCUT2D eigenvalue weighted by Gasteiger charge is 2.20. The fourth-order valence-electron chi connectivity index (χ4n) is 3.26. The van der Waals surface area contributed by atoms with Crippen molar-refractivity contribution in [1.82, 2.24) is 25.4 Å². The molecule has 7 nitrogen and oxygen atoms in total. The molecule has 1 aliphatic heterocycles. The van der Waals surface area contributed by atoms with E-state index < -0.39 is 0 Å². The molecule has 1 fully saturated rings. The second-order valence-corrected chi connectivity index (χ2v) is 7.30. The van der Waals surface area contributed by atoms with E-state index in [4.69, 9.17) is 4.74 Å². The van der Waals surface area contributed by atoms with E-state index in [1.807, 2.05) is 0 Å². The first-order valence-corrected chi connectivity index (χ1v) is 10.4. The first-order chi connectivity index (χ1) is 12.9. The summed E-state index contributed by atoms with van der Waals surface area (Å²) in [7, 11) is 0. The molecule has 2 N–H and O–H groups in total. The predicted molar refractivity (Wildman–Crippen MR) is 119 cm³/mol. The third-order valence-electron chi connectivity index (χ3n) is 4.94. The van der Waals surface area contributed by atoms with E-state index in [0.717, 1.165) is 82.2 Å². The molecular weight excluding hydrogens is 455 g/mol.